The maximum Gasteiger partial charge on any atom is 0.0187 e. The Morgan fingerprint density at radius 3 is 2.67 bits per heavy atom. The third-order valence-electron chi connectivity index (χ3n) is 3.30. The van der Waals surface area contributed by atoms with E-state index in [1.807, 2.05) is 0 Å². The van der Waals surface area contributed by atoms with E-state index in [1.165, 1.54) is 31.4 Å². The summed E-state index contributed by atoms with van der Waals surface area (Å²) in [6.07, 6.45) is 3.99. The quantitative estimate of drug-likeness (QED) is 0.512. The number of hydrogen-bond acceptors (Lipinski definition) is 2. The first-order chi connectivity index (χ1) is 7.15. The van der Waals surface area contributed by atoms with Crippen molar-refractivity contribution in [1.29, 1.82) is 0 Å². The fourth-order valence-electron chi connectivity index (χ4n) is 2.38. The first-order valence-electron chi connectivity index (χ1n) is 6.20. The lowest BCUT2D eigenvalue weighted by atomic mass is 9.78. The van der Waals surface area contributed by atoms with Crippen LogP contribution < -0.4 is 5.32 Å². The Morgan fingerprint density at radius 1 is 1.47 bits per heavy atom. The lowest BCUT2D eigenvalue weighted by Crippen LogP contribution is -2.49. The summed E-state index contributed by atoms with van der Waals surface area (Å²) in [5.41, 5.74) is 1.27. The molecule has 0 aromatic carbocycles. The second kappa shape index (κ2) is 6.29. The van der Waals surface area contributed by atoms with Crippen LogP contribution in [-0.2, 0) is 0 Å². The molecule has 1 aliphatic rings. The molecule has 1 rings (SSSR count). The zero-order chi connectivity index (χ0) is 11.3. The van der Waals surface area contributed by atoms with Gasteiger partial charge in [0.25, 0.3) is 0 Å². The van der Waals surface area contributed by atoms with E-state index < -0.39 is 0 Å². The Hall–Kier alpha value is -0.340. The summed E-state index contributed by atoms with van der Waals surface area (Å²) in [6.45, 7) is 11.7. The third kappa shape index (κ3) is 3.96. The highest BCUT2D eigenvalue weighted by Crippen LogP contribution is 2.31. The highest BCUT2D eigenvalue weighted by atomic mass is 15.1. The minimum absolute atomic E-state index is 0.783. The summed E-state index contributed by atoms with van der Waals surface area (Å²) < 4.78 is 0. The van der Waals surface area contributed by atoms with Crippen molar-refractivity contribution >= 4 is 0 Å². The number of hydrogen-bond donors (Lipinski definition) is 1. The lowest BCUT2D eigenvalue weighted by molar-refractivity contribution is 0.0917. The molecule has 0 radical (unpaired) electrons. The van der Waals surface area contributed by atoms with Gasteiger partial charge in [-0.1, -0.05) is 19.1 Å². The topological polar surface area (TPSA) is 15.3 Å². The van der Waals surface area contributed by atoms with Crippen LogP contribution in [0.15, 0.2) is 12.2 Å². The summed E-state index contributed by atoms with van der Waals surface area (Å²) >= 11 is 0. The van der Waals surface area contributed by atoms with Gasteiger partial charge in [-0.3, -0.25) is 4.90 Å². The molecule has 0 bridgehead atoms. The monoisotopic (exact) mass is 210 g/mol. The number of nitrogens with one attached hydrogen (secondary N) is 1. The zero-order valence-corrected chi connectivity index (χ0v) is 10.6. The van der Waals surface area contributed by atoms with Gasteiger partial charge in [0.2, 0.25) is 0 Å². The molecule has 1 N–H and O–H groups in total. The standard InChI is InChI=1S/C13H26N2/c1-5-8-14-9-12-6-7-13(12)15(4)10-11(2)3/h12-14H,2,5-10H2,1,3-4H3. The maximum absolute atomic E-state index is 3.98. The molecule has 2 unspecified atom stereocenters. The van der Waals surface area contributed by atoms with Crippen molar-refractivity contribution in [1.82, 2.24) is 10.2 Å². The Balaban J connectivity index is 2.21. The molecule has 15 heavy (non-hydrogen) atoms. The molecule has 0 saturated heterocycles. The van der Waals surface area contributed by atoms with Gasteiger partial charge in [0, 0.05) is 12.6 Å². The summed E-state index contributed by atoms with van der Waals surface area (Å²) in [4.78, 5) is 2.46. The smallest absolute Gasteiger partial charge is 0.0187 e. The Labute approximate surface area is 94.7 Å². The Kier molecular flexibility index (Phi) is 5.34. The summed E-state index contributed by atoms with van der Waals surface area (Å²) in [5.74, 6) is 0.862. The molecule has 1 aliphatic carbocycles. The van der Waals surface area contributed by atoms with Crippen molar-refractivity contribution in [2.24, 2.45) is 5.92 Å². The van der Waals surface area contributed by atoms with Gasteiger partial charge >= 0.3 is 0 Å². The average molecular weight is 210 g/mol. The van der Waals surface area contributed by atoms with Gasteiger partial charge in [-0.05, 0) is 52.2 Å². The summed E-state index contributed by atoms with van der Waals surface area (Å²) in [7, 11) is 2.23. The molecule has 88 valence electrons. The molecule has 0 amide bonds. The molecule has 0 aliphatic heterocycles. The maximum atomic E-state index is 3.98. The minimum Gasteiger partial charge on any atom is -0.316 e. The molecule has 2 heteroatoms. The van der Waals surface area contributed by atoms with E-state index in [0.29, 0.717) is 0 Å². The second-order valence-electron chi connectivity index (χ2n) is 4.98. The highest BCUT2D eigenvalue weighted by molar-refractivity contribution is 4.96. The third-order valence-corrected chi connectivity index (χ3v) is 3.30. The van der Waals surface area contributed by atoms with Crippen LogP contribution in [0, 0.1) is 5.92 Å². The molecule has 1 fully saturated rings. The van der Waals surface area contributed by atoms with Gasteiger partial charge in [0.15, 0.2) is 0 Å². The van der Waals surface area contributed by atoms with E-state index in [9.17, 15) is 0 Å². The highest BCUT2D eigenvalue weighted by Gasteiger charge is 2.32. The molecule has 2 atom stereocenters. The van der Waals surface area contributed by atoms with Crippen LogP contribution in [0.3, 0.4) is 0 Å². The van der Waals surface area contributed by atoms with Crippen LogP contribution in [-0.4, -0.2) is 37.6 Å². The predicted octanol–water partition coefficient (Wildman–Crippen LogP) is 2.27. The van der Waals surface area contributed by atoms with Gasteiger partial charge in [0.1, 0.15) is 0 Å². The van der Waals surface area contributed by atoms with E-state index in [4.69, 9.17) is 0 Å². The Morgan fingerprint density at radius 2 is 2.20 bits per heavy atom. The van der Waals surface area contributed by atoms with Crippen LogP contribution in [0.1, 0.15) is 33.1 Å². The zero-order valence-electron chi connectivity index (χ0n) is 10.6. The van der Waals surface area contributed by atoms with Gasteiger partial charge in [-0.2, -0.15) is 0 Å². The van der Waals surface area contributed by atoms with Crippen molar-refractivity contribution in [3.8, 4) is 0 Å². The summed E-state index contributed by atoms with van der Waals surface area (Å²) in [6, 6.07) is 0.783. The van der Waals surface area contributed by atoms with Crippen molar-refractivity contribution < 1.29 is 0 Å². The fourth-order valence-corrected chi connectivity index (χ4v) is 2.38. The Bertz CT molecular complexity index is 201. The predicted molar refractivity (Wildman–Crippen MR) is 67.1 cm³/mol. The van der Waals surface area contributed by atoms with Gasteiger partial charge in [-0.15, -0.1) is 0 Å². The lowest BCUT2D eigenvalue weighted by Gasteiger charge is -2.43. The normalized spacial score (nSPS) is 25.3. The number of nitrogens with zero attached hydrogens (tertiary/aromatic N) is 1. The summed E-state index contributed by atoms with van der Waals surface area (Å²) in [5, 5.41) is 3.53. The molecule has 2 nitrogen and oxygen atoms in total. The van der Waals surface area contributed by atoms with Crippen molar-refractivity contribution in [3.05, 3.63) is 12.2 Å². The van der Waals surface area contributed by atoms with Crippen molar-refractivity contribution in [2.45, 2.75) is 39.2 Å². The molecule has 0 aromatic rings. The van der Waals surface area contributed by atoms with Crippen LogP contribution in [0.2, 0.25) is 0 Å². The van der Waals surface area contributed by atoms with Crippen LogP contribution in [0.4, 0.5) is 0 Å². The minimum atomic E-state index is 0.783. The average Bonchev–Trinajstić information content (AvgIpc) is 2.08. The van der Waals surface area contributed by atoms with Crippen LogP contribution >= 0.6 is 0 Å². The van der Waals surface area contributed by atoms with Crippen molar-refractivity contribution in [3.63, 3.8) is 0 Å². The first kappa shape index (κ1) is 12.7. The largest absolute Gasteiger partial charge is 0.316 e. The van der Waals surface area contributed by atoms with E-state index in [-0.39, 0.29) is 0 Å². The second-order valence-corrected chi connectivity index (χ2v) is 4.98. The van der Waals surface area contributed by atoms with E-state index in [1.54, 1.807) is 0 Å². The molecule has 1 saturated carbocycles. The van der Waals surface area contributed by atoms with Crippen molar-refractivity contribution in [2.75, 3.05) is 26.7 Å². The van der Waals surface area contributed by atoms with E-state index in [2.05, 4.69) is 37.7 Å². The van der Waals surface area contributed by atoms with Gasteiger partial charge in [-0.25, -0.2) is 0 Å². The van der Waals surface area contributed by atoms with E-state index >= 15 is 0 Å². The molecular weight excluding hydrogens is 184 g/mol. The fraction of sp³-hybridized carbons (Fsp3) is 0.846. The van der Waals surface area contributed by atoms with Crippen LogP contribution in [0.5, 0.6) is 0 Å². The molecule has 0 heterocycles. The SMILES string of the molecule is C=C(C)CN(C)C1CCC1CNCCC. The van der Waals surface area contributed by atoms with Crippen LogP contribution in [0.25, 0.3) is 0 Å². The molecule has 0 spiro atoms. The number of likely N-dealkylation sites (N-methyl/N-ethyl adjacent to an activating group) is 1. The van der Waals surface area contributed by atoms with Gasteiger partial charge < -0.3 is 5.32 Å². The molecular formula is C13H26N2. The van der Waals surface area contributed by atoms with Gasteiger partial charge in [0.05, 0.1) is 0 Å². The number of rotatable bonds is 7. The van der Waals surface area contributed by atoms with E-state index in [0.717, 1.165) is 25.0 Å². The first-order valence-corrected chi connectivity index (χ1v) is 6.20. The molecule has 0 aromatic heterocycles.